The van der Waals surface area contributed by atoms with E-state index >= 15 is 0 Å². The minimum Gasteiger partial charge on any atom is -0.340 e. The third-order valence-electron chi connectivity index (χ3n) is 3.34. The van der Waals surface area contributed by atoms with Crippen LogP contribution in [0.25, 0.3) is 0 Å². The van der Waals surface area contributed by atoms with Gasteiger partial charge in [0.15, 0.2) is 0 Å². The average Bonchev–Trinajstić information content (AvgIpc) is 2.38. The fraction of sp³-hybridized carbons (Fsp3) is 0.909. The molecule has 0 spiro atoms. The van der Waals surface area contributed by atoms with Crippen LogP contribution in [0.1, 0.15) is 19.8 Å². The molecule has 1 aliphatic heterocycles. The van der Waals surface area contributed by atoms with Crippen LogP contribution in [0.5, 0.6) is 0 Å². The van der Waals surface area contributed by atoms with Gasteiger partial charge in [-0.3, -0.25) is 4.79 Å². The lowest BCUT2D eigenvalue weighted by Gasteiger charge is -2.35. The Kier molecular flexibility index (Phi) is 5.72. The molecule has 0 saturated carbocycles. The van der Waals surface area contributed by atoms with E-state index in [1.807, 2.05) is 6.92 Å². The van der Waals surface area contributed by atoms with Gasteiger partial charge in [0.1, 0.15) is 0 Å². The zero-order chi connectivity index (χ0) is 14.6. The highest BCUT2D eigenvalue weighted by Gasteiger charge is 2.30. The van der Waals surface area contributed by atoms with Gasteiger partial charge in [0.25, 0.3) is 10.2 Å². The average molecular weight is 292 g/mol. The van der Waals surface area contributed by atoms with Crippen LogP contribution in [0.15, 0.2) is 0 Å². The molecule has 1 atom stereocenters. The topological polar surface area (TPSA) is 87.0 Å². The second-order valence-electron chi connectivity index (χ2n) is 4.94. The van der Waals surface area contributed by atoms with Crippen LogP contribution in [0.2, 0.25) is 0 Å². The first-order chi connectivity index (χ1) is 8.78. The Morgan fingerprint density at radius 2 is 1.79 bits per heavy atom. The number of carbonyl (C=O) groups is 1. The predicted molar refractivity (Wildman–Crippen MR) is 73.6 cm³/mol. The molecule has 1 unspecified atom stereocenters. The standard InChI is InChI=1S/C11H24N4O3S/c1-4-10(12)9-11(16)14-5-7-15(8-6-14)19(17,18)13(2)3/h10H,4-9,12H2,1-3H3. The van der Waals surface area contributed by atoms with Gasteiger partial charge in [0.05, 0.1) is 0 Å². The lowest BCUT2D eigenvalue weighted by atomic mass is 10.1. The molecule has 1 heterocycles. The summed E-state index contributed by atoms with van der Waals surface area (Å²) in [4.78, 5) is 13.6. The Bertz CT molecular complexity index is 402. The zero-order valence-electron chi connectivity index (χ0n) is 11.9. The van der Waals surface area contributed by atoms with Crippen molar-refractivity contribution in [3.63, 3.8) is 0 Å². The zero-order valence-corrected chi connectivity index (χ0v) is 12.7. The van der Waals surface area contributed by atoms with Crippen molar-refractivity contribution >= 4 is 16.1 Å². The van der Waals surface area contributed by atoms with Crippen LogP contribution in [-0.4, -0.2) is 74.2 Å². The Hall–Kier alpha value is -0.700. The van der Waals surface area contributed by atoms with E-state index in [2.05, 4.69) is 0 Å². The van der Waals surface area contributed by atoms with Crippen molar-refractivity contribution in [3.8, 4) is 0 Å². The van der Waals surface area contributed by atoms with Gasteiger partial charge in [0.2, 0.25) is 5.91 Å². The molecule has 0 aromatic carbocycles. The second kappa shape index (κ2) is 6.65. The highest BCUT2D eigenvalue weighted by molar-refractivity contribution is 7.86. The number of amides is 1. The minimum absolute atomic E-state index is 0.0104. The van der Waals surface area contributed by atoms with E-state index in [9.17, 15) is 13.2 Å². The van der Waals surface area contributed by atoms with Crippen LogP contribution >= 0.6 is 0 Å². The molecule has 1 saturated heterocycles. The molecule has 0 radical (unpaired) electrons. The monoisotopic (exact) mass is 292 g/mol. The Balaban J connectivity index is 2.52. The largest absolute Gasteiger partial charge is 0.340 e. The number of rotatable bonds is 5. The third kappa shape index (κ3) is 4.13. The molecule has 2 N–H and O–H groups in total. The summed E-state index contributed by atoms with van der Waals surface area (Å²) < 4.78 is 26.4. The molecule has 8 heteroatoms. The molecule has 1 rings (SSSR count). The molecule has 112 valence electrons. The van der Waals surface area contributed by atoms with Crippen LogP contribution in [-0.2, 0) is 15.0 Å². The van der Waals surface area contributed by atoms with Gasteiger partial charge in [-0.15, -0.1) is 0 Å². The fourth-order valence-corrected chi connectivity index (χ4v) is 2.98. The smallest absolute Gasteiger partial charge is 0.281 e. The van der Waals surface area contributed by atoms with Crippen molar-refractivity contribution in [3.05, 3.63) is 0 Å². The van der Waals surface area contributed by atoms with Gasteiger partial charge >= 0.3 is 0 Å². The number of piperazine rings is 1. The van der Waals surface area contributed by atoms with Gasteiger partial charge in [-0.2, -0.15) is 17.0 Å². The first-order valence-electron chi connectivity index (χ1n) is 6.50. The van der Waals surface area contributed by atoms with Crippen LogP contribution in [0, 0.1) is 0 Å². The van der Waals surface area contributed by atoms with Gasteiger partial charge in [-0.1, -0.05) is 6.92 Å². The van der Waals surface area contributed by atoms with Crippen molar-refractivity contribution in [2.75, 3.05) is 40.3 Å². The molecule has 19 heavy (non-hydrogen) atoms. The number of hydrogen-bond acceptors (Lipinski definition) is 4. The molecular weight excluding hydrogens is 268 g/mol. The Labute approximate surface area is 115 Å². The molecule has 0 aromatic rings. The molecular formula is C11H24N4O3S. The molecule has 0 aliphatic carbocycles. The fourth-order valence-electron chi connectivity index (χ4n) is 1.90. The summed E-state index contributed by atoms with van der Waals surface area (Å²) in [5.41, 5.74) is 5.76. The highest BCUT2D eigenvalue weighted by Crippen LogP contribution is 2.11. The van der Waals surface area contributed by atoms with E-state index in [0.717, 1.165) is 6.42 Å². The first kappa shape index (κ1) is 16.4. The predicted octanol–water partition coefficient (Wildman–Crippen LogP) is -0.936. The third-order valence-corrected chi connectivity index (χ3v) is 5.28. The number of nitrogens with zero attached hydrogens (tertiary/aromatic N) is 3. The van der Waals surface area contributed by atoms with Gasteiger partial charge in [-0.25, -0.2) is 0 Å². The lowest BCUT2D eigenvalue weighted by molar-refractivity contribution is -0.132. The summed E-state index contributed by atoms with van der Waals surface area (Å²) in [5.74, 6) is 0.0104. The van der Waals surface area contributed by atoms with Crippen molar-refractivity contribution in [1.29, 1.82) is 0 Å². The molecule has 0 aromatic heterocycles. The highest BCUT2D eigenvalue weighted by atomic mass is 32.2. The summed E-state index contributed by atoms with van der Waals surface area (Å²) in [6, 6.07) is -0.115. The van der Waals surface area contributed by atoms with E-state index in [1.54, 1.807) is 4.90 Å². The minimum atomic E-state index is -3.37. The van der Waals surface area contributed by atoms with E-state index in [0.29, 0.717) is 32.6 Å². The number of carbonyl (C=O) groups excluding carboxylic acids is 1. The van der Waals surface area contributed by atoms with Crippen molar-refractivity contribution in [2.24, 2.45) is 5.73 Å². The van der Waals surface area contributed by atoms with Gasteiger partial charge in [0, 0.05) is 52.7 Å². The maximum atomic E-state index is 11.9. The SMILES string of the molecule is CCC(N)CC(=O)N1CCN(S(=O)(=O)N(C)C)CC1. The summed E-state index contributed by atoms with van der Waals surface area (Å²) in [5, 5.41) is 0. The van der Waals surface area contributed by atoms with Gasteiger partial charge < -0.3 is 10.6 Å². The molecule has 7 nitrogen and oxygen atoms in total. The first-order valence-corrected chi connectivity index (χ1v) is 7.89. The van der Waals surface area contributed by atoms with Crippen LogP contribution < -0.4 is 5.73 Å². The van der Waals surface area contributed by atoms with Crippen molar-refractivity contribution in [2.45, 2.75) is 25.8 Å². The van der Waals surface area contributed by atoms with E-state index in [1.165, 1.54) is 22.7 Å². The van der Waals surface area contributed by atoms with E-state index in [-0.39, 0.29) is 11.9 Å². The quantitative estimate of drug-likeness (QED) is 0.709. The summed E-state index contributed by atoms with van der Waals surface area (Å²) in [6.45, 7) is 3.49. The summed E-state index contributed by atoms with van der Waals surface area (Å²) >= 11 is 0. The van der Waals surface area contributed by atoms with Crippen LogP contribution in [0.3, 0.4) is 0 Å². The molecule has 0 bridgehead atoms. The van der Waals surface area contributed by atoms with Crippen molar-refractivity contribution < 1.29 is 13.2 Å². The Morgan fingerprint density at radius 1 is 1.26 bits per heavy atom. The number of hydrogen-bond donors (Lipinski definition) is 1. The number of nitrogens with two attached hydrogens (primary N) is 1. The second-order valence-corrected chi connectivity index (χ2v) is 7.08. The maximum absolute atomic E-state index is 11.9. The normalized spacial score (nSPS) is 19.7. The lowest BCUT2D eigenvalue weighted by Crippen LogP contribution is -2.53. The summed E-state index contributed by atoms with van der Waals surface area (Å²) in [6.07, 6.45) is 1.09. The van der Waals surface area contributed by atoms with E-state index in [4.69, 9.17) is 5.73 Å². The van der Waals surface area contributed by atoms with E-state index < -0.39 is 10.2 Å². The molecule has 1 fully saturated rings. The Morgan fingerprint density at radius 3 is 2.21 bits per heavy atom. The molecule has 1 aliphatic rings. The summed E-state index contributed by atoms with van der Waals surface area (Å²) in [7, 11) is -0.359. The van der Waals surface area contributed by atoms with Gasteiger partial charge in [-0.05, 0) is 6.42 Å². The molecule has 1 amide bonds. The van der Waals surface area contributed by atoms with Crippen LogP contribution in [0.4, 0.5) is 0 Å². The van der Waals surface area contributed by atoms with Crippen molar-refractivity contribution in [1.82, 2.24) is 13.5 Å². The maximum Gasteiger partial charge on any atom is 0.281 e.